The zero-order valence-electron chi connectivity index (χ0n) is 8.00. The van der Waals surface area contributed by atoms with Gasteiger partial charge < -0.3 is 0 Å². The van der Waals surface area contributed by atoms with E-state index < -0.39 is 11.9 Å². The van der Waals surface area contributed by atoms with Crippen molar-refractivity contribution in [3.8, 4) is 0 Å². The van der Waals surface area contributed by atoms with E-state index in [-0.39, 0.29) is 5.41 Å². The van der Waals surface area contributed by atoms with Crippen LogP contribution in [0.2, 0.25) is 0 Å². The first kappa shape index (κ1) is 9.55. The summed E-state index contributed by atoms with van der Waals surface area (Å²) in [5, 5.41) is 5.87. The first-order chi connectivity index (χ1) is 6.32. The predicted molar refractivity (Wildman–Crippen MR) is 44.9 cm³/mol. The Labute approximate surface area is 79.5 Å². The van der Waals surface area contributed by atoms with Gasteiger partial charge in [-0.2, -0.15) is 18.3 Å². The summed E-state index contributed by atoms with van der Waals surface area (Å²) in [6.45, 7) is 3.86. The number of hydrogen-bond acceptors (Lipinski definition) is 1. The standard InChI is InChI=1S/C9H11F3N2/c1-8(2)4-3-5-6(8)13-14-7(5)9(10,11)12/h3-4H2,1-2H3,(H,13,14). The molecule has 5 heteroatoms. The summed E-state index contributed by atoms with van der Waals surface area (Å²) in [5.74, 6) is 0. The number of aromatic nitrogens is 2. The largest absolute Gasteiger partial charge is 0.435 e. The zero-order valence-corrected chi connectivity index (χ0v) is 8.00. The molecule has 1 aliphatic carbocycles. The van der Waals surface area contributed by atoms with Crippen LogP contribution in [0.4, 0.5) is 13.2 Å². The number of nitrogens with one attached hydrogen (secondary N) is 1. The first-order valence-corrected chi connectivity index (χ1v) is 4.47. The van der Waals surface area contributed by atoms with Gasteiger partial charge in [0.2, 0.25) is 0 Å². The number of rotatable bonds is 0. The highest BCUT2D eigenvalue weighted by molar-refractivity contribution is 5.37. The SMILES string of the molecule is CC1(C)CCc2c(C(F)(F)F)n[nH]c21. The molecule has 1 aromatic heterocycles. The Balaban J connectivity index is 2.51. The molecule has 0 saturated carbocycles. The van der Waals surface area contributed by atoms with Gasteiger partial charge >= 0.3 is 6.18 Å². The van der Waals surface area contributed by atoms with Crippen LogP contribution in [0.5, 0.6) is 0 Å². The van der Waals surface area contributed by atoms with Crippen molar-refractivity contribution in [2.45, 2.75) is 38.3 Å². The van der Waals surface area contributed by atoms with Gasteiger partial charge in [0.1, 0.15) is 0 Å². The molecule has 0 saturated heterocycles. The van der Waals surface area contributed by atoms with Crippen LogP contribution in [0.25, 0.3) is 0 Å². The lowest BCUT2D eigenvalue weighted by atomic mass is 9.91. The lowest BCUT2D eigenvalue weighted by Crippen LogP contribution is -2.12. The zero-order chi connectivity index (χ0) is 10.6. The highest BCUT2D eigenvalue weighted by Gasteiger charge is 2.43. The fourth-order valence-electron chi connectivity index (χ4n) is 1.97. The maximum Gasteiger partial charge on any atom is 0.435 e. The maximum absolute atomic E-state index is 12.4. The third-order valence-electron chi connectivity index (χ3n) is 2.81. The average molecular weight is 204 g/mol. The summed E-state index contributed by atoms with van der Waals surface area (Å²) in [6.07, 6.45) is -3.11. The third-order valence-corrected chi connectivity index (χ3v) is 2.81. The van der Waals surface area contributed by atoms with E-state index in [1.165, 1.54) is 0 Å². The molecule has 1 N–H and O–H groups in total. The topological polar surface area (TPSA) is 28.7 Å². The van der Waals surface area contributed by atoms with E-state index in [2.05, 4.69) is 10.2 Å². The summed E-state index contributed by atoms with van der Waals surface area (Å²) in [6, 6.07) is 0. The summed E-state index contributed by atoms with van der Waals surface area (Å²) < 4.78 is 37.3. The Morgan fingerprint density at radius 1 is 1.36 bits per heavy atom. The van der Waals surface area contributed by atoms with Crippen LogP contribution in [0.3, 0.4) is 0 Å². The summed E-state index contributed by atoms with van der Waals surface area (Å²) in [4.78, 5) is 0. The average Bonchev–Trinajstić information content (AvgIpc) is 2.51. The van der Waals surface area contributed by atoms with E-state index >= 15 is 0 Å². The number of fused-ring (bicyclic) bond motifs is 1. The van der Waals surface area contributed by atoms with Gasteiger partial charge in [0.25, 0.3) is 0 Å². The van der Waals surface area contributed by atoms with Crippen molar-refractivity contribution in [3.05, 3.63) is 17.0 Å². The molecule has 0 atom stereocenters. The number of aromatic amines is 1. The molecular weight excluding hydrogens is 193 g/mol. The Morgan fingerprint density at radius 3 is 2.57 bits per heavy atom. The molecule has 2 rings (SSSR count). The van der Waals surface area contributed by atoms with Crippen LogP contribution in [-0.2, 0) is 18.0 Å². The molecule has 0 spiro atoms. The minimum atomic E-state index is -4.33. The smallest absolute Gasteiger partial charge is 0.281 e. The normalized spacial score (nSPS) is 19.8. The number of halogens is 3. The van der Waals surface area contributed by atoms with Crippen LogP contribution in [0, 0.1) is 0 Å². The van der Waals surface area contributed by atoms with Gasteiger partial charge in [-0.25, -0.2) is 0 Å². The minimum absolute atomic E-state index is 0.203. The van der Waals surface area contributed by atoms with E-state index in [1.807, 2.05) is 13.8 Å². The van der Waals surface area contributed by atoms with Gasteiger partial charge in [0, 0.05) is 16.7 Å². The first-order valence-electron chi connectivity index (χ1n) is 4.47. The number of nitrogens with zero attached hydrogens (tertiary/aromatic N) is 1. The van der Waals surface area contributed by atoms with Gasteiger partial charge in [-0.1, -0.05) is 13.8 Å². The van der Waals surface area contributed by atoms with Crippen molar-refractivity contribution in [1.82, 2.24) is 10.2 Å². The molecule has 2 nitrogen and oxygen atoms in total. The molecule has 0 unspecified atom stereocenters. The van der Waals surface area contributed by atoms with Crippen molar-refractivity contribution in [2.75, 3.05) is 0 Å². The van der Waals surface area contributed by atoms with Crippen LogP contribution >= 0.6 is 0 Å². The minimum Gasteiger partial charge on any atom is -0.281 e. The highest BCUT2D eigenvalue weighted by Crippen LogP contribution is 2.42. The monoisotopic (exact) mass is 204 g/mol. The predicted octanol–water partition coefficient (Wildman–Crippen LogP) is 2.65. The number of hydrogen-bond donors (Lipinski definition) is 1. The second-order valence-electron chi connectivity index (χ2n) is 4.31. The fraction of sp³-hybridized carbons (Fsp3) is 0.667. The van der Waals surface area contributed by atoms with E-state index in [1.54, 1.807) is 0 Å². The molecule has 14 heavy (non-hydrogen) atoms. The second-order valence-corrected chi connectivity index (χ2v) is 4.31. The van der Waals surface area contributed by atoms with E-state index in [9.17, 15) is 13.2 Å². The lowest BCUT2D eigenvalue weighted by molar-refractivity contribution is -0.141. The van der Waals surface area contributed by atoms with Crippen LogP contribution in [-0.4, -0.2) is 10.2 Å². The maximum atomic E-state index is 12.4. The molecule has 0 aliphatic heterocycles. The Morgan fingerprint density at radius 2 is 2.00 bits per heavy atom. The van der Waals surface area contributed by atoms with Crippen LogP contribution < -0.4 is 0 Å². The molecule has 78 valence electrons. The summed E-state index contributed by atoms with van der Waals surface area (Å²) >= 11 is 0. The molecule has 0 fully saturated rings. The Hall–Kier alpha value is -1.00. The van der Waals surface area contributed by atoms with Gasteiger partial charge in [0.15, 0.2) is 5.69 Å². The number of alkyl halides is 3. The van der Waals surface area contributed by atoms with Gasteiger partial charge in [-0.05, 0) is 12.8 Å². The molecule has 0 bridgehead atoms. The molecule has 0 aromatic carbocycles. The molecule has 1 heterocycles. The van der Waals surface area contributed by atoms with Crippen molar-refractivity contribution in [1.29, 1.82) is 0 Å². The second kappa shape index (κ2) is 2.52. The third kappa shape index (κ3) is 1.22. The molecule has 1 aromatic rings. The highest BCUT2D eigenvalue weighted by atomic mass is 19.4. The van der Waals surface area contributed by atoms with Gasteiger partial charge in [-0.15, -0.1) is 0 Å². The Kier molecular flexibility index (Phi) is 1.72. The van der Waals surface area contributed by atoms with Crippen molar-refractivity contribution in [2.24, 2.45) is 0 Å². The van der Waals surface area contributed by atoms with E-state index in [0.717, 1.165) is 6.42 Å². The molecule has 0 radical (unpaired) electrons. The lowest BCUT2D eigenvalue weighted by Gasteiger charge is -2.15. The molecule has 1 aliphatic rings. The van der Waals surface area contributed by atoms with Crippen LogP contribution in [0.1, 0.15) is 37.2 Å². The van der Waals surface area contributed by atoms with Gasteiger partial charge in [0.05, 0.1) is 0 Å². The summed E-state index contributed by atoms with van der Waals surface area (Å²) in [7, 11) is 0. The van der Waals surface area contributed by atoms with Crippen molar-refractivity contribution >= 4 is 0 Å². The molecule has 0 amide bonds. The summed E-state index contributed by atoms with van der Waals surface area (Å²) in [5.41, 5.74) is 0.0525. The van der Waals surface area contributed by atoms with Gasteiger partial charge in [-0.3, -0.25) is 5.10 Å². The van der Waals surface area contributed by atoms with Crippen molar-refractivity contribution in [3.63, 3.8) is 0 Å². The van der Waals surface area contributed by atoms with Crippen LogP contribution in [0.15, 0.2) is 0 Å². The Bertz CT molecular complexity index is 363. The van der Waals surface area contributed by atoms with E-state index in [4.69, 9.17) is 0 Å². The molecular formula is C9H11F3N2. The van der Waals surface area contributed by atoms with E-state index in [0.29, 0.717) is 17.7 Å². The fourth-order valence-corrected chi connectivity index (χ4v) is 1.97. The van der Waals surface area contributed by atoms with Crippen molar-refractivity contribution < 1.29 is 13.2 Å². The quantitative estimate of drug-likeness (QED) is 0.691. The number of H-pyrrole nitrogens is 1.